The summed E-state index contributed by atoms with van der Waals surface area (Å²) < 4.78 is 45.6. The molecule has 1 amide bonds. The number of allylic oxidation sites excluding steroid dienone is 1. The third-order valence-electron chi connectivity index (χ3n) is 5.56. The average Bonchev–Trinajstić information content (AvgIpc) is 2.86. The number of carbonyl (C=O) groups is 1. The Balaban J connectivity index is 0.00000222. The molecule has 1 heterocycles. The van der Waals surface area contributed by atoms with Crippen molar-refractivity contribution >= 4 is 11.6 Å². The fourth-order valence-electron chi connectivity index (χ4n) is 3.62. The highest BCUT2D eigenvalue weighted by Crippen LogP contribution is 2.31. The van der Waals surface area contributed by atoms with Crippen molar-refractivity contribution in [3.05, 3.63) is 54.3 Å². The Morgan fingerprint density at radius 2 is 1.69 bits per heavy atom. The van der Waals surface area contributed by atoms with Crippen LogP contribution in [0.15, 0.2) is 48.7 Å². The second kappa shape index (κ2) is 14.1. The number of amides is 1. The molecule has 2 aromatic rings. The van der Waals surface area contributed by atoms with Crippen LogP contribution in [0, 0.1) is 5.92 Å². The van der Waals surface area contributed by atoms with Crippen LogP contribution in [0.4, 0.5) is 18.9 Å². The summed E-state index contributed by atoms with van der Waals surface area (Å²) in [6.07, 6.45) is -1.04. The topological polar surface area (TPSA) is 111 Å². The van der Waals surface area contributed by atoms with Gasteiger partial charge in [-0.3, -0.25) is 14.1 Å². The molecule has 36 heavy (non-hydrogen) atoms. The molecular formula is C25H31F3N2O6. The average molecular weight is 513 g/mol. The van der Waals surface area contributed by atoms with Gasteiger partial charge in [-0.1, -0.05) is 6.58 Å². The Morgan fingerprint density at radius 1 is 1.08 bits per heavy atom. The van der Waals surface area contributed by atoms with Gasteiger partial charge in [0.05, 0.1) is 12.9 Å². The molecule has 0 aromatic heterocycles. The second-order valence-corrected chi connectivity index (χ2v) is 8.00. The summed E-state index contributed by atoms with van der Waals surface area (Å²) in [6, 6.07) is 7.56. The molecule has 1 fully saturated rings. The molecule has 0 aliphatic carbocycles. The lowest BCUT2D eigenvalue weighted by Crippen LogP contribution is -2.36. The quantitative estimate of drug-likeness (QED) is 0.339. The minimum atomic E-state index is -2.73. The van der Waals surface area contributed by atoms with E-state index in [1.807, 2.05) is 0 Å². The highest BCUT2D eigenvalue weighted by molar-refractivity contribution is 5.92. The zero-order chi connectivity index (χ0) is 26.7. The monoisotopic (exact) mass is 512 g/mol. The Bertz CT molecular complexity index is 1010. The fourth-order valence-corrected chi connectivity index (χ4v) is 3.62. The molecule has 4 N–H and O–H groups in total. The summed E-state index contributed by atoms with van der Waals surface area (Å²) in [5.41, 5.74) is -0.0494. The van der Waals surface area contributed by atoms with E-state index in [0.29, 0.717) is 26.0 Å². The van der Waals surface area contributed by atoms with Crippen molar-refractivity contribution in [1.82, 2.24) is 4.90 Å². The first kappa shape index (κ1) is 28.6. The fraction of sp³-hybridized carbons (Fsp3) is 0.400. The van der Waals surface area contributed by atoms with Crippen LogP contribution in [-0.4, -0.2) is 66.2 Å². The lowest BCUT2D eigenvalue weighted by Gasteiger charge is -2.31. The molecule has 0 saturated carbocycles. The number of phenolic OH excluding ortho intramolecular Hbond substituents is 2. The zero-order valence-electron chi connectivity index (χ0n) is 19.9. The SMILES string of the molecule is C=C(O)C1CCN(CCOc2ccc(NC(=O)COc3ccc(C(F)F)cc3O)cc2O)CC1.CF. The van der Waals surface area contributed by atoms with Crippen LogP contribution in [0.3, 0.4) is 0 Å². The van der Waals surface area contributed by atoms with Crippen molar-refractivity contribution in [3.63, 3.8) is 0 Å². The minimum Gasteiger partial charge on any atom is -0.513 e. The summed E-state index contributed by atoms with van der Waals surface area (Å²) in [5, 5.41) is 32.0. The first-order chi connectivity index (χ1) is 17.2. The van der Waals surface area contributed by atoms with Gasteiger partial charge in [0.1, 0.15) is 6.61 Å². The number of aliphatic hydroxyl groups is 1. The van der Waals surface area contributed by atoms with Crippen LogP contribution in [0.25, 0.3) is 0 Å². The number of hydrogen-bond acceptors (Lipinski definition) is 7. The largest absolute Gasteiger partial charge is 0.513 e. The van der Waals surface area contributed by atoms with E-state index in [1.165, 1.54) is 12.1 Å². The zero-order valence-corrected chi connectivity index (χ0v) is 19.9. The van der Waals surface area contributed by atoms with E-state index in [9.17, 15) is 33.3 Å². The van der Waals surface area contributed by atoms with Crippen LogP contribution in [0.2, 0.25) is 0 Å². The third-order valence-corrected chi connectivity index (χ3v) is 5.56. The number of nitrogens with one attached hydrogen (secondary N) is 1. The predicted molar refractivity (Wildman–Crippen MR) is 129 cm³/mol. The number of likely N-dealkylation sites (tertiary alicyclic amines) is 1. The highest BCUT2D eigenvalue weighted by atomic mass is 19.3. The maximum absolute atomic E-state index is 12.6. The van der Waals surface area contributed by atoms with Crippen molar-refractivity contribution < 1.29 is 42.8 Å². The molecule has 8 nitrogen and oxygen atoms in total. The number of aromatic hydroxyl groups is 2. The van der Waals surface area contributed by atoms with E-state index in [0.717, 1.165) is 44.1 Å². The molecule has 2 aromatic carbocycles. The number of phenols is 2. The van der Waals surface area contributed by atoms with Gasteiger partial charge in [-0.2, -0.15) is 0 Å². The van der Waals surface area contributed by atoms with E-state index in [1.54, 1.807) is 6.07 Å². The maximum Gasteiger partial charge on any atom is 0.263 e. The van der Waals surface area contributed by atoms with E-state index in [2.05, 4.69) is 16.8 Å². The van der Waals surface area contributed by atoms with Crippen LogP contribution >= 0.6 is 0 Å². The van der Waals surface area contributed by atoms with Crippen LogP contribution < -0.4 is 14.8 Å². The number of halogens is 3. The van der Waals surface area contributed by atoms with Crippen LogP contribution in [0.5, 0.6) is 23.0 Å². The van der Waals surface area contributed by atoms with Crippen molar-refractivity contribution in [2.45, 2.75) is 19.3 Å². The van der Waals surface area contributed by atoms with Gasteiger partial charge in [0.25, 0.3) is 12.3 Å². The second-order valence-electron chi connectivity index (χ2n) is 8.00. The molecule has 0 unspecified atom stereocenters. The molecule has 1 aliphatic rings. The lowest BCUT2D eigenvalue weighted by atomic mass is 9.95. The molecule has 1 aliphatic heterocycles. The van der Waals surface area contributed by atoms with Gasteiger partial charge in [0, 0.05) is 29.8 Å². The van der Waals surface area contributed by atoms with Crippen LogP contribution in [-0.2, 0) is 4.79 Å². The Hall–Kier alpha value is -3.60. The van der Waals surface area contributed by atoms with Crippen molar-refractivity contribution in [2.24, 2.45) is 5.92 Å². The van der Waals surface area contributed by atoms with Crippen LogP contribution in [0.1, 0.15) is 24.8 Å². The van der Waals surface area contributed by atoms with E-state index in [-0.39, 0.29) is 34.5 Å². The van der Waals surface area contributed by atoms with Gasteiger partial charge in [0.15, 0.2) is 29.6 Å². The van der Waals surface area contributed by atoms with Crippen molar-refractivity contribution in [1.29, 1.82) is 0 Å². The van der Waals surface area contributed by atoms with Crippen molar-refractivity contribution in [3.8, 4) is 23.0 Å². The molecule has 1 saturated heterocycles. The molecule has 198 valence electrons. The molecule has 0 atom stereocenters. The van der Waals surface area contributed by atoms with Crippen molar-refractivity contribution in [2.75, 3.05) is 45.3 Å². The predicted octanol–water partition coefficient (Wildman–Crippen LogP) is 4.80. The summed E-state index contributed by atoms with van der Waals surface area (Å²) >= 11 is 0. The molecule has 11 heteroatoms. The molecular weight excluding hydrogens is 481 g/mol. The lowest BCUT2D eigenvalue weighted by molar-refractivity contribution is -0.118. The van der Waals surface area contributed by atoms with Gasteiger partial charge >= 0.3 is 0 Å². The summed E-state index contributed by atoms with van der Waals surface area (Å²) in [7, 11) is 0.500. The summed E-state index contributed by atoms with van der Waals surface area (Å²) in [4.78, 5) is 14.3. The number of hydrogen-bond donors (Lipinski definition) is 4. The van der Waals surface area contributed by atoms with E-state index in [4.69, 9.17) is 9.47 Å². The number of nitrogens with zero attached hydrogens (tertiary/aromatic N) is 1. The number of rotatable bonds is 10. The number of alkyl halides is 3. The number of anilines is 1. The van der Waals surface area contributed by atoms with Gasteiger partial charge in [0.2, 0.25) is 0 Å². The third kappa shape index (κ3) is 8.56. The standard InChI is InChI=1S/C24H28F2N2O6.CH3F/c1-15(29)16-6-8-28(9-7-16)10-11-33-21-5-3-18(13-20(21)31)27-23(32)14-34-22-4-2-17(24(25)26)12-19(22)30;1-2/h2-5,12-13,16,24,29-31H,1,6-11,14H2,(H,27,32);1H3. The van der Waals surface area contributed by atoms with Gasteiger partial charge in [-0.15, -0.1) is 0 Å². The molecule has 0 bridgehead atoms. The summed E-state index contributed by atoms with van der Waals surface area (Å²) in [5.74, 6) is -0.650. The maximum atomic E-state index is 12.6. The number of aliphatic hydroxyl groups excluding tert-OH is 1. The van der Waals surface area contributed by atoms with Gasteiger partial charge in [-0.05, 0) is 56.3 Å². The number of piperidine rings is 1. The Morgan fingerprint density at radius 3 is 2.28 bits per heavy atom. The van der Waals surface area contributed by atoms with Gasteiger partial charge in [-0.25, -0.2) is 8.78 Å². The Labute approximate surface area is 207 Å². The van der Waals surface area contributed by atoms with E-state index < -0.39 is 24.7 Å². The smallest absolute Gasteiger partial charge is 0.263 e. The number of ether oxygens (including phenoxy) is 2. The molecule has 0 spiro atoms. The van der Waals surface area contributed by atoms with E-state index >= 15 is 0 Å². The Kier molecular flexibility index (Phi) is 11.2. The first-order valence-electron chi connectivity index (χ1n) is 11.2. The molecule has 3 rings (SSSR count). The first-order valence-corrected chi connectivity index (χ1v) is 11.2. The molecule has 0 radical (unpaired) electrons. The number of benzene rings is 2. The summed E-state index contributed by atoms with van der Waals surface area (Å²) in [6.45, 7) is 5.83. The minimum absolute atomic E-state index is 0.100. The van der Waals surface area contributed by atoms with Gasteiger partial charge < -0.3 is 30.1 Å². The normalized spacial score (nSPS) is 14.0. The highest BCUT2D eigenvalue weighted by Gasteiger charge is 2.21. The number of carbonyl (C=O) groups excluding carboxylic acids is 1.